The van der Waals surface area contributed by atoms with E-state index >= 15 is 0 Å². The van der Waals surface area contributed by atoms with E-state index in [1.807, 2.05) is 0 Å². The number of carbonyl (C=O) groups excluding carboxylic acids is 2. The summed E-state index contributed by atoms with van der Waals surface area (Å²) in [5.41, 5.74) is 1.23. The van der Waals surface area contributed by atoms with Crippen LogP contribution in [0.1, 0.15) is 12.0 Å². The van der Waals surface area contributed by atoms with Gasteiger partial charge in [0, 0.05) is 42.2 Å². The topological polar surface area (TPSA) is 125 Å². The molecular formula is C20H21ClFN3O6S. The van der Waals surface area contributed by atoms with Crippen LogP contribution in [0.5, 0.6) is 0 Å². The molecule has 0 saturated carbocycles. The SMILES string of the molecule is CS(=O)(=O)CNc1cccc(N2CC[C@@](O)(OC(=O)NCc3cc(F)cc(Cl)c3)C2=O)c1. The lowest BCUT2D eigenvalue weighted by Crippen LogP contribution is -2.46. The summed E-state index contributed by atoms with van der Waals surface area (Å²) in [6.07, 6.45) is -0.155. The maximum absolute atomic E-state index is 13.4. The number of hydrogen-bond acceptors (Lipinski definition) is 7. The van der Waals surface area contributed by atoms with Gasteiger partial charge in [-0.2, -0.15) is 0 Å². The number of nitrogens with one attached hydrogen (secondary N) is 2. The minimum atomic E-state index is -3.25. The van der Waals surface area contributed by atoms with Gasteiger partial charge in [0.25, 0.3) is 11.7 Å². The molecule has 12 heteroatoms. The van der Waals surface area contributed by atoms with Crippen LogP contribution >= 0.6 is 11.6 Å². The van der Waals surface area contributed by atoms with Crippen molar-refractivity contribution in [3.05, 3.63) is 58.9 Å². The number of aliphatic hydroxyl groups is 1. The maximum atomic E-state index is 13.4. The zero-order chi connectivity index (χ0) is 23.5. The Labute approximate surface area is 189 Å². The van der Waals surface area contributed by atoms with Crippen LogP contribution in [0.25, 0.3) is 0 Å². The van der Waals surface area contributed by atoms with Crippen LogP contribution in [0.4, 0.5) is 20.6 Å². The number of alkyl carbamates (subject to hydrolysis) is 1. The van der Waals surface area contributed by atoms with E-state index in [0.29, 0.717) is 16.9 Å². The Morgan fingerprint density at radius 1 is 1.31 bits per heavy atom. The van der Waals surface area contributed by atoms with Crippen LogP contribution in [-0.4, -0.2) is 50.0 Å². The molecule has 3 rings (SSSR count). The van der Waals surface area contributed by atoms with Gasteiger partial charge in [-0.15, -0.1) is 0 Å². The molecule has 1 aliphatic rings. The predicted molar refractivity (Wildman–Crippen MR) is 116 cm³/mol. The summed E-state index contributed by atoms with van der Waals surface area (Å²) >= 11 is 5.76. The zero-order valence-corrected chi connectivity index (χ0v) is 18.5. The quantitative estimate of drug-likeness (QED) is 0.513. The number of ether oxygens (including phenoxy) is 1. The van der Waals surface area contributed by atoms with E-state index in [1.54, 1.807) is 24.3 Å². The summed E-state index contributed by atoms with van der Waals surface area (Å²) in [6, 6.07) is 10.1. The number of nitrogens with zero attached hydrogens (tertiary/aromatic N) is 1. The van der Waals surface area contributed by atoms with Gasteiger partial charge in [-0.3, -0.25) is 4.79 Å². The summed E-state index contributed by atoms with van der Waals surface area (Å²) in [6.45, 7) is -0.0595. The minimum absolute atomic E-state index is 0.0671. The number of benzene rings is 2. The molecule has 2 aromatic rings. The monoisotopic (exact) mass is 485 g/mol. The van der Waals surface area contributed by atoms with Gasteiger partial charge in [-0.25, -0.2) is 17.6 Å². The average molecular weight is 486 g/mol. The van der Waals surface area contributed by atoms with E-state index < -0.39 is 33.4 Å². The van der Waals surface area contributed by atoms with Crippen molar-refractivity contribution in [2.45, 2.75) is 18.8 Å². The first-order chi connectivity index (χ1) is 14.9. The summed E-state index contributed by atoms with van der Waals surface area (Å²) < 4.78 is 41.0. The van der Waals surface area contributed by atoms with Gasteiger partial charge in [-0.1, -0.05) is 17.7 Å². The maximum Gasteiger partial charge on any atom is 0.410 e. The lowest BCUT2D eigenvalue weighted by molar-refractivity contribution is -0.175. The first-order valence-electron chi connectivity index (χ1n) is 9.43. The Balaban J connectivity index is 1.62. The molecule has 1 fully saturated rings. The number of rotatable bonds is 7. The molecule has 0 unspecified atom stereocenters. The summed E-state index contributed by atoms with van der Waals surface area (Å²) in [5, 5.41) is 15.8. The summed E-state index contributed by atoms with van der Waals surface area (Å²) in [5.74, 6) is -4.08. The molecule has 0 spiro atoms. The molecule has 1 aliphatic heterocycles. The van der Waals surface area contributed by atoms with Crippen LogP contribution in [-0.2, 0) is 25.9 Å². The van der Waals surface area contributed by atoms with Gasteiger partial charge in [0.15, 0.2) is 9.84 Å². The molecule has 0 bridgehead atoms. The van der Waals surface area contributed by atoms with Gasteiger partial charge in [0.2, 0.25) is 0 Å². The molecular weight excluding hydrogens is 465 g/mol. The predicted octanol–water partition coefficient (Wildman–Crippen LogP) is 2.24. The molecule has 2 aromatic carbocycles. The van der Waals surface area contributed by atoms with Crippen molar-refractivity contribution >= 4 is 44.8 Å². The molecule has 2 amide bonds. The Bertz CT molecular complexity index is 1130. The lowest BCUT2D eigenvalue weighted by Gasteiger charge is -2.23. The fourth-order valence-electron chi connectivity index (χ4n) is 3.10. The molecule has 0 radical (unpaired) electrons. The number of amides is 2. The number of sulfone groups is 1. The van der Waals surface area contributed by atoms with Crippen molar-refractivity contribution < 1.29 is 32.2 Å². The van der Waals surface area contributed by atoms with Crippen molar-refractivity contribution in [1.82, 2.24) is 5.32 Å². The Hall–Kier alpha value is -2.89. The van der Waals surface area contributed by atoms with Gasteiger partial charge in [0.1, 0.15) is 11.7 Å². The summed E-state index contributed by atoms with van der Waals surface area (Å²) in [4.78, 5) is 26.1. The van der Waals surface area contributed by atoms with Crippen molar-refractivity contribution in [3.63, 3.8) is 0 Å². The van der Waals surface area contributed by atoms with E-state index in [4.69, 9.17) is 16.3 Å². The van der Waals surface area contributed by atoms with Crippen LogP contribution in [0.15, 0.2) is 42.5 Å². The number of carbonyl (C=O) groups is 2. The lowest BCUT2D eigenvalue weighted by atomic mass is 10.2. The first kappa shape index (κ1) is 23.8. The van der Waals surface area contributed by atoms with E-state index in [0.717, 1.165) is 12.3 Å². The van der Waals surface area contributed by atoms with Crippen molar-refractivity contribution in [2.75, 3.05) is 28.9 Å². The highest BCUT2D eigenvalue weighted by Crippen LogP contribution is 2.30. The van der Waals surface area contributed by atoms with Crippen molar-refractivity contribution in [1.29, 1.82) is 0 Å². The third-order valence-electron chi connectivity index (χ3n) is 4.57. The highest BCUT2D eigenvalue weighted by atomic mass is 35.5. The van der Waals surface area contributed by atoms with Crippen molar-refractivity contribution in [2.24, 2.45) is 0 Å². The molecule has 32 heavy (non-hydrogen) atoms. The molecule has 1 heterocycles. The zero-order valence-electron chi connectivity index (χ0n) is 17.0. The number of halogens is 2. The molecule has 9 nitrogen and oxygen atoms in total. The third-order valence-corrected chi connectivity index (χ3v) is 5.46. The van der Waals surface area contributed by atoms with Crippen molar-refractivity contribution in [3.8, 4) is 0 Å². The fraction of sp³-hybridized carbons (Fsp3) is 0.300. The van der Waals surface area contributed by atoms with Crippen LogP contribution < -0.4 is 15.5 Å². The molecule has 172 valence electrons. The molecule has 1 saturated heterocycles. The van der Waals surface area contributed by atoms with Gasteiger partial charge >= 0.3 is 6.09 Å². The Morgan fingerprint density at radius 3 is 2.75 bits per heavy atom. The number of anilines is 2. The van der Waals surface area contributed by atoms with Crippen LogP contribution in [0.3, 0.4) is 0 Å². The smallest absolute Gasteiger partial charge is 0.407 e. The van der Waals surface area contributed by atoms with Crippen LogP contribution in [0, 0.1) is 5.82 Å². The largest absolute Gasteiger partial charge is 0.410 e. The van der Waals surface area contributed by atoms with E-state index in [1.165, 1.54) is 17.0 Å². The van der Waals surface area contributed by atoms with Gasteiger partial charge in [-0.05, 0) is 42.0 Å². The normalized spacial score (nSPS) is 18.5. The fourth-order valence-corrected chi connectivity index (χ4v) is 3.77. The van der Waals surface area contributed by atoms with E-state index in [9.17, 15) is 27.5 Å². The molecule has 0 aliphatic carbocycles. The second-order valence-corrected chi connectivity index (χ2v) is 9.89. The highest BCUT2D eigenvalue weighted by molar-refractivity contribution is 7.90. The molecule has 0 aromatic heterocycles. The van der Waals surface area contributed by atoms with E-state index in [2.05, 4.69) is 10.6 Å². The Kier molecular flexibility index (Phi) is 6.91. The molecule has 1 atom stereocenters. The van der Waals surface area contributed by atoms with Crippen LogP contribution in [0.2, 0.25) is 5.02 Å². The molecule has 3 N–H and O–H groups in total. The van der Waals surface area contributed by atoms with E-state index in [-0.39, 0.29) is 30.4 Å². The average Bonchev–Trinajstić information content (AvgIpc) is 2.98. The first-order valence-corrected chi connectivity index (χ1v) is 11.9. The Morgan fingerprint density at radius 2 is 2.06 bits per heavy atom. The minimum Gasteiger partial charge on any atom is -0.407 e. The third kappa shape index (κ3) is 6.09. The second kappa shape index (κ2) is 9.31. The van der Waals surface area contributed by atoms with Gasteiger partial charge in [0.05, 0.1) is 0 Å². The number of hydrogen-bond donors (Lipinski definition) is 3. The highest BCUT2D eigenvalue weighted by Gasteiger charge is 2.49. The summed E-state index contributed by atoms with van der Waals surface area (Å²) in [7, 11) is -3.25. The second-order valence-electron chi connectivity index (χ2n) is 7.31. The van der Waals surface area contributed by atoms with Gasteiger partial charge < -0.3 is 25.4 Å². The standard InChI is InChI=1S/C20H21ClFN3O6S/c1-32(29,30)12-24-16-3-2-4-17(10-16)25-6-5-20(28,18(25)26)31-19(27)23-11-13-7-14(21)9-15(22)8-13/h2-4,7-10,24,28H,5-6,11-12H2,1H3,(H,23,27)/t20-/m1/s1.